The number of nitrogens with one attached hydrogen (secondary N) is 2. The highest BCUT2D eigenvalue weighted by atomic mass is 35.5. The van der Waals surface area contributed by atoms with E-state index in [2.05, 4.69) is 25.6 Å². The molecule has 0 unspecified atom stereocenters. The van der Waals surface area contributed by atoms with Gasteiger partial charge >= 0.3 is 0 Å². The lowest BCUT2D eigenvalue weighted by atomic mass is 10.1. The zero-order chi connectivity index (χ0) is 21.2. The Morgan fingerprint density at radius 2 is 1.81 bits per heavy atom. The first-order valence-electron chi connectivity index (χ1n) is 9.63. The summed E-state index contributed by atoms with van der Waals surface area (Å²) in [6, 6.07) is 18.9. The maximum atomic E-state index is 13.4. The first-order chi connectivity index (χ1) is 15.2. The summed E-state index contributed by atoms with van der Waals surface area (Å²) in [5, 5.41) is 6.81. The van der Waals surface area contributed by atoms with E-state index in [1.165, 1.54) is 0 Å². The van der Waals surface area contributed by atoms with Gasteiger partial charge in [-0.3, -0.25) is 9.78 Å². The number of fused-ring (bicyclic) bond motifs is 6. The molecule has 2 N–H and O–H groups in total. The standard InChI is InChI=1S/C23H17ClN6O/c24-20-13-26-23-28-17-6-1-4-15(10-17)14-30(22(31)16-5-3-9-25-12-16)19-8-2-7-18(11-19)27-21(20)29-23/h1-13H,14H2,(H2,26,27,28,29). The van der Waals surface area contributed by atoms with Gasteiger partial charge in [-0.1, -0.05) is 29.8 Å². The van der Waals surface area contributed by atoms with Crippen LogP contribution >= 0.6 is 11.6 Å². The SMILES string of the molecule is O=C(c1cccnc1)N1Cc2cccc(c2)Nc2ncc(Cl)c(n2)Nc2cccc1c2. The predicted octanol–water partition coefficient (Wildman–Crippen LogP) is 5.17. The number of pyridine rings is 1. The fraction of sp³-hybridized carbons (Fsp3) is 0.0435. The number of anilines is 5. The molecule has 2 aromatic heterocycles. The summed E-state index contributed by atoms with van der Waals surface area (Å²) in [6.45, 7) is 0.381. The van der Waals surface area contributed by atoms with E-state index in [9.17, 15) is 4.79 Å². The lowest BCUT2D eigenvalue weighted by Gasteiger charge is -2.24. The number of hydrogen-bond acceptors (Lipinski definition) is 6. The fourth-order valence-corrected chi connectivity index (χ4v) is 3.53. The first kappa shape index (κ1) is 19.0. The Kier molecular flexibility index (Phi) is 4.93. The topological polar surface area (TPSA) is 83.0 Å². The molecule has 0 radical (unpaired) electrons. The van der Waals surface area contributed by atoms with Crippen molar-refractivity contribution in [3.05, 3.63) is 95.4 Å². The molecule has 0 atom stereocenters. The Hall–Kier alpha value is -3.97. The molecule has 7 nitrogen and oxygen atoms in total. The summed E-state index contributed by atoms with van der Waals surface area (Å²) < 4.78 is 0. The molecule has 0 saturated heterocycles. The van der Waals surface area contributed by atoms with Gasteiger partial charge in [0.15, 0.2) is 5.82 Å². The van der Waals surface area contributed by atoms with Crippen molar-refractivity contribution in [3.63, 3.8) is 0 Å². The van der Waals surface area contributed by atoms with Crippen molar-refractivity contribution >= 4 is 46.3 Å². The normalized spacial score (nSPS) is 12.5. The molecule has 5 rings (SSSR count). The second-order valence-corrected chi connectivity index (χ2v) is 7.43. The van der Waals surface area contributed by atoms with E-state index in [1.807, 2.05) is 48.5 Å². The molecule has 31 heavy (non-hydrogen) atoms. The monoisotopic (exact) mass is 428 g/mol. The van der Waals surface area contributed by atoms with Crippen molar-refractivity contribution in [3.8, 4) is 0 Å². The van der Waals surface area contributed by atoms with Crippen LogP contribution in [0.4, 0.5) is 28.8 Å². The summed E-state index contributed by atoms with van der Waals surface area (Å²) in [7, 11) is 0. The largest absolute Gasteiger partial charge is 0.339 e. The van der Waals surface area contributed by atoms with Gasteiger partial charge in [-0.15, -0.1) is 0 Å². The quantitative estimate of drug-likeness (QED) is 0.435. The van der Waals surface area contributed by atoms with E-state index in [0.29, 0.717) is 28.9 Å². The molecular formula is C23H17ClN6O. The van der Waals surface area contributed by atoms with Crippen molar-refractivity contribution in [2.24, 2.45) is 0 Å². The van der Waals surface area contributed by atoms with Crippen LogP contribution in [0.2, 0.25) is 5.02 Å². The van der Waals surface area contributed by atoms with Crippen molar-refractivity contribution < 1.29 is 4.79 Å². The zero-order valence-corrected chi connectivity index (χ0v) is 17.0. The Bertz CT molecular complexity index is 1260. The van der Waals surface area contributed by atoms with Crippen molar-refractivity contribution in [1.82, 2.24) is 15.0 Å². The zero-order valence-electron chi connectivity index (χ0n) is 16.3. The van der Waals surface area contributed by atoms with E-state index in [-0.39, 0.29) is 5.91 Å². The smallest absolute Gasteiger partial charge is 0.260 e. The molecule has 1 amide bonds. The number of carbonyl (C=O) groups is 1. The average molecular weight is 429 g/mol. The molecular weight excluding hydrogens is 412 g/mol. The molecule has 0 spiro atoms. The fourth-order valence-electron chi connectivity index (χ4n) is 3.39. The van der Waals surface area contributed by atoms with Crippen LogP contribution in [0.1, 0.15) is 15.9 Å². The Morgan fingerprint density at radius 3 is 2.65 bits per heavy atom. The number of halogens is 1. The summed E-state index contributed by atoms with van der Waals surface area (Å²) in [5.74, 6) is 0.747. The molecule has 0 saturated carbocycles. The Labute approximate surface area is 183 Å². The Balaban J connectivity index is 1.65. The number of hydrogen-bond donors (Lipinski definition) is 2. The molecule has 6 bridgehead atoms. The van der Waals surface area contributed by atoms with Gasteiger partial charge in [0.1, 0.15) is 5.02 Å². The minimum atomic E-state index is -0.142. The second-order valence-electron chi connectivity index (χ2n) is 7.02. The third-order valence-electron chi connectivity index (χ3n) is 4.84. The highest BCUT2D eigenvalue weighted by Crippen LogP contribution is 2.29. The molecule has 4 aromatic rings. The summed E-state index contributed by atoms with van der Waals surface area (Å²) in [4.78, 5) is 28.0. The van der Waals surface area contributed by atoms with E-state index < -0.39 is 0 Å². The van der Waals surface area contributed by atoms with Gasteiger partial charge in [0, 0.05) is 29.5 Å². The molecule has 1 aliphatic rings. The van der Waals surface area contributed by atoms with Gasteiger partial charge in [-0.2, -0.15) is 4.98 Å². The molecule has 8 heteroatoms. The highest BCUT2D eigenvalue weighted by Gasteiger charge is 2.20. The molecule has 0 aliphatic carbocycles. The third-order valence-corrected chi connectivity index (χ3v) is 5.12. The van der Waals surface area contributed by atoms with Crippen molar-refractivity contribution in [1.29, 1.82) is 0 Å². The van der Waals surface area contributed by atoms with E-state index in [1.54, 1.807) is 35.6 Å². The third kappa shape index (κ3) is 4.04. The number of benzene rings is 2. The van der Waals surface area contributed by atoms with Crippen LogP contribution in [0.3, 0.4) is 0 Å². The van der Waals surface area contributed by atoms with Crippen molar-refractivity contribution in [2.75, 3.05) is 15.5 Å². The highest BCUT2D eigenvalue weighted by molar-refractivity contribution is 6.32. The lowest BCUT2D eigenvalue weighted by molar-refractivity contribution is 0.0985. The number of rotatable bonds is 1. The number of aromatic nitrogens is 3. The van der Waals surface area contributed by atoms with Crippen LogP contribution in [0.5, 0.6) is 0 Å². The van der Waals surface area contributed by atoms with Gasteiger partial charge in [-0.05, 0) is 48.0 Å². The van der Waals surface area contributed by atoms with Gasteiger partial charge in [-0.25, -0.2) is 4.98 Å². The maximum Gasteiger partial charge on any atom is 0.260 e. The summed E-state index contributed by atoms with van der Waals surface area (Å²) >= 11 is 6.31. The average Bonchev–Trinajstić information content (AvgIpc) is 2.80. The molecule has 2 aromatic carbocycles. The van der Waals surface area contributed by atoms with Gasteiger partial charge < -0.3 is 15.5 Å². The maximum absolute atomic E-state index is 13.4. The molecule has 152 valence electrons. The van der Waals surface area contributed by atoms with Crippen LogP contribution < -0.4 is 15.5 Å². The van der Waals surface area contributed by atoms with Gasteiger partial charge in [0.2, 0.25) is 5.95 Å². The molecule has 1 aliphatic heterocycles. The summed E-state index contributed by atoms with van der Waals surface area (Å²) in [5.41, 5.74) is 3.76. The number of amides is 1. The van der Waals surface area contributed by atoms with Crippen LogP contribution in [0.25, 0.3) is 0 Å². The van der Waals surface area contributed by atoms with Gasteiger partial charge in [0.25, 0.3) is 5.91 Å². The minimum absolute atomic E-state index is 0.142. The lowest BCUT2D eigenvalue weighted by Crippen LogP contribution is -2.30. The van der Waals surface area contributed by atoms with Crippen LogP contribution in [0.15, 0.2) is 79.3 Å². The van der Waals surface area contributed by atoms with E-state index in [0.717, 1.165) is 22.6 Å². The van der Waals surface area contributed by atoms with E-state index in [4.69, 9.17) is 11.6 Å². The molecule has 3 heterocycles. The van der Waals surface area contributed by atoms with Crippen LogP contribution in [0, 0.1) is 0 Å². The van der Waals surface area contributed by atoms with Crippen molar-refractivity contribution in [2.45, 2.75) is 6.54 Å². The second kappa shape index (κ2) is 8.04. The summed E-state index contributed by atoms with van der Waals surface area (Å²) in [6.07, 6.45) is 4.77. The van der Waals surface area contributed by atoms with Crippen LogP contribution in [-0.4, -0.2) is 20.9 Å². The molecule has 0 fully saturated rings. The van der Waals surface area contributed by atoms with E-state index >= 15 is 0 Å². The first-order valence-corrected chi connectivity index (χ1v) is 10.0. The minimum Gasteiger partial charge on any atom is -0.339 e. The van der Waals surface area contributed by atoms with Gasteiger partial charge in [0.05, 0.1) is 18.3 Å². The van der Waals surface area contributed by atoms with Crippen LogP contribution in [-0.2, 0) is 6.54 Å². The number of nitrogens with zero attached hydrogens (tertiary/aromatic N) is 4. The predicted molar refractivity (Wildman–Crippen MR) is 121 cm³/mol. The number of carbonyl (C=O) groups excluding carboxylic acids is 1. The Morgan fingerprint density at radius 1 is 0.968 bits per heavy atom.